The molecule has 2 aliphatic heterocycles. The molecule has 14 heteroatoms. The average Bonchev–Trinajstić information content (AvgIpc) is 3.53. The van der Waals surface area contributed by atoms with Crippen LogP contribution in [0.1, 0.15) is 45.0 Å². The predicted molar refractivity (Wildman–Crippen MR) is 194 cm³/mol. The highest BCUT2D eigenvalue weighted by molar-refractivity contribution is 6.39. The SMILES string of the molecule is CC.COc1nc(-c2cccc(-c3cccc(-c4cnc(CNC5CN(C(C)=O)C5)c(OC)n4)c3Cl)c2Cl)cnc1CNCC1CCC(=O)N1. The van der Waals surface area contributed by atoms with Gasteiger partial charge in [0, 0.05) is 80.4 Å². The van der Waals surface area contributed by atoms with Gasteiger partial charge in [0.05, 0.1) is 48.0 Å². The van der Waals surface area contributed by atoms with Crippen molar-refractivity contribution < 1.29 is 19.1 Å². The second kappa shape index (κ2) is 17.0. The summed E-state index contributed by atoms with van der Waals surface area (Å²) in [5, 5.41) is 10.6. The van der Waals surface area contributed by atoms with E-state index in [1.165, 1.54) is 0 Å². The maximum absolute atomic E-state index is 11.5. The topological polar surface area (TPSA) is 143 Å². The fourth-order valence-corrected chi connectivity index (χ4v) is 6.45. The Hall–Kier alpha value is -4.36. The fourth-order valence-electron chi connectivity index (χ4n) is 5.80. The second-order valence-electron chi connectivity index (χ2n) is 11.7. The molecule has 4 heterocycles. The van der Waals surface area contributed by atoms with Gasteiger partial charge in [-0.25, -0.2) is 9.97 Å². The lowest BCUT2D eigenvalue weighted by molar-refractivity contribution is -0.133. The van der Waals surface area contributed by atoms with Crippen molar-refractivity contribution in [3.8, 4) is 45.4 Å². The number of amides is 2. The quantitative estimate of drug-likeness (QED) is 0.176. The van der Waals surface area contributed by atoms with Crippen molar-refractivity contribution in [2.75, 3.05) is 33.9 Å². The molecule has 264 valence electrons. The van der Waals surface area contributed by atoms with E-state index in [9.17, 15) is 9.59 Å². The van der Waals surface area contributed by atoms with Crippen LogP contribution in [0.5, 0.6) is 11.8 Å². The van der Waals surface area contributed by atoms with Gasteiger partial charge < -0.3 is 30.3 Å². The van der Waals surface area contributed by atoms with Gasteiger partial charge >= 0.3 is 0 Å². The Morgan fingerprint density at radius 1 is 0.880 bits per heavy atom. The molecule has 0 saturated carbocycles. The molecule has 6 rings (SSSR count). The number of carbonyl (C=O) groups is 2. The summed E-state index contributed by atoms with van der Waals surface area (Å²) in [6, 6.07) is 11.6. The molecule has 0 spiro atoms. The van der Waals surface area contributed by atoms with Crippen LogP contribution in [0, 0.1) is 0 Å². The van der Waals surface area contributed by atoms with Gasteiger partial charge in [-0.15, -0.1) is 0 Å². The van der Waals surface area contributed by atoms with Crippen LogP contribution in [-0.2, 0) is 22.7 Å². The summed E-state index contributed by atoms with van der Waals surface area (Å²) in [5.74, 6) is 0.925. The van der Waals surface area contributed by atoms with Crippen LogP contribution in [0.4, 0.5) is 0 Å². The maximum atomic E-state index is 11.5. The first kappa shape index (κ1) is 36.9. The Morgan fingerprint density at radius 3 is 1.88 bits per heavy atom. The highest BCUT2D eigenvalue weighted by atomic mass is 35.5. The van der Waals surface area contributed by atoms with Crippen LogP contribution >= 0.6 is 23.2 Å². The van der Waals surface area contributed by atoms with E-state index in [1.54, 1.807) is 38.4 Å². The molecule has 2 aromatic heterocycles. The third kappa shape index (κ3) is 8.32. The molecule has 2 amide bonds. The van der Waals surface area contributed by atoms with E-state index in [-0.39, 0.29) is 23.9 Å². The zero-order valence-corrected chi connectivity index (χ0v) is 30.4. The number of methoxy groups -OCH3 is 2. The van der Waals surface area contributed by atoms with Crippen molar-refractivity contribution in [3.05, 3.63) is 70.2 Å². The molecular formula is C36H42Cl2N8O4. The molecule has 12 nitrogen and oxygen atoms in total. The molecule has 0 bridgehead atoms. The van der Waals surface area contributed by atoms with Crippen LogP contribution in [0.3, 0.4) is 0 Å². The van der Waals surface area contributed by atoms with E-state index in [4.69, 9.17) is 42.6 Å². The molecule has 2 saturated heterocycles. The number of hydrogen-bond donors (Lipinski definition) is 3. The Balaban J connectivity index is 0.00000239. The van der Waals surface area contributed by atoms with E-state index in [0.29, 0.717) is 106 Å². The lowest BCUT2D eigenvalue weighted by Crippen LogP contribution is -2.59. The lowest BCUT2D eigenvalue weighted by atomic mass is 9.98. The molecular weight excluding hydrogens is 679 g/mol. The van der Waals surface area contributed by atoms with Gasteiger partial charge in [-0.1, -0.05) is 73.4 Å². The van der Waals surface area contributed by atoms with E-state index >= 15 is 0 Å². The number of nitrogens with zero attached hydrogens (tertiary/aromatic N) is 5. The Bertz CT molecular complexity index is 1840. The van der Waals surface area contributed by atoms with Crippen LogP contribution in [0.15, 0.2) is 48.8 Å². The number of likely N-dealkylation sites (tertiary alicyclic amines) is 1. The standard InChI is InChI=1S/C34H36Cl2N8O4.C2H6/c1-19(45)44-17-21(18-44)38-16-29-34(48-3)43-27(15-40-29)25-9-5-7-23(32(25)36)22-6-4-8-24(31(22)35)26-14-39-28(33(42-26)47-2)13-37-12-20-10-11-30(46)41-20;1-2/h4-9,14-15,20-21,37-38H,10-13,16-18H2,1-3H3,(H,41,46);1-2H3. The van der Waals surface area contributed by atoms with Crippen LogP contribution < -0.4 is 25.4 Å². The van der Waals surface area contributed by atoms with E-state index in [0.717, 1.165) is 6.42 Å². The fraction of sp³-hybridized carbons (Fsp3) is 0.389. The minimum Gasteiger partial charge on any atom is -0.480 e. The smallest absolute Gasteiger partial charge is 0.237 e. The number of halogens is 2. The first-order valence-corrected chi connectivity index (χ1v) is 17.4. The van der Waals surface area contributed by atoms with E-state index in [2.05, 4.69) is 25.9 Å². The monoisotopic (exact) mass is 720 g/mol. The molecule has 0 aliphatic carbocycles. The van der Waals surface area contributed by atoms with Crippen LogP contribution in [-0.4, -0.2) is 82.6 Å². The van der Waals surface area contributed by atoms with Crippen molar-refractivity contribution in [3.63, 3.8) is 0 Å². The summed E-state index contributed by atoms with van der Waals surface area (Å²) >= 11 is 14.1. The maximum Gasteiger partial charge on any atom is 0.237 e. The van der Waals surface area contributed by atoms with Crippen molar-refractivity contribution >= 4 is 35.0 Å². The molecule has 0 radical (unpaired) electrons. The van der Waals surface area contributed by atoms with Gasteiger partial charge in [-0.3, -0.25) is 19.6 Å². The number of nitrogens with one attached hydrogen (secondary N) is 3. The third-order valence-electron chi connectivity index (χ3n) is 8.50. The Kier molecular flexibility index (Phi) is 12.6. The largest absolute Gasteiger partial charge is 0.480 e. The summed E-state index contributed by atoms with van der Waals surface area (Å²) in [5.41, 5.74) is 5.18. The van der Waals surface area contributed by atoms with Crippen LogP contribution in [0.25, 0.3) is 33.6 Å². The Morgan fingerprint density at radius 2 is 1.40 bits per heavy atom. The highest BCUT2D eigenvalue weighted by Crippen LogP contribution is 2.42. The zero-order valence-electron chi connectivity index (χ0n) is 28.8. The molecule has 4 aromatic rings. The van der Waals surface area contributed by atoms with Crippen molar-refractivity contribution in [2.24, 2.45) is 0 Å². The van der Waals surface area contributed by atoms with Crippen molar-refractivity contribution in [1.82, 2.24) is 40.8 Å². The number of benzene rings is 2. The zero-order chi connectivity index (χ0) is 35.8. The normalized spacial score (nSPS) is 15.5. The van der Waals surface area contributed by atoms with Gasteiger partial charge in [0.25, 0.3) is 0 Å². The molecule has 3 N–H and O–H groups in total. The average molecular weight is 722 g/mol. The van der Waals surface area contributed by atoms with Crippen LogP contribution in [0.2, 0.25) is 10.0 Å². The van der Waals surface area contributed by atoms with Gasteiger partial charge in [0.2, 0.25) is 23.6 Å². The number of hydrogen-bond acceptors (Lipinski definition) is 10. The molecule has 2 aromatic carbocycles. The van der Waals surface area contributed by atoms with Gasteiger partial charge in [-0.05, 0) is 6.42 Å². The van der Waals surface area contributed by atoms with E-state index < -0.39 is 0 Å². The summed E-state index contributed by atoms with van der Waals surface area (Å²) in [6.45, 7) is 8.43. The summed E-state index contributed by atoms with van der Waals surface area (Å²) in [4.78, 5) is 43.4. The first-order chi connectivity index (χ1) is 24.2. The second-order valence-corrected chi connectivity index (χ2v) is 12.4. The van der Waals surface area contributed by atoms with Gasteiger partial charge in [0.15, 0.2) is 0 Å². The van der Waals surface area contributed by atoms with Gasteiger partial charge in [-0.2, -0.15) is 0 Å². The molecule has 50 heavy (non-hydrogen) atoms. The molecule has 2 aliphatic rings. The lowest BCUT2D eigenvalue weighted by Gasteiger charge is -2.39. The van der Waals surface area contributed by atoms with Crippen molar-refractivity contribution in [2.45, 2.75) is 58.8 Å². The molecule has 1 atom stereocenters. The summed E-state index contributed by atoms with van der Waals surface area (Å²) in [6.07, 6.45) is 4.71. The first-order valence-electron chi connectivity index (χ1n) is 16.6. The molecule has 2 fully saturated rings. The highest BCUT2D eigenvalue weighted by Gasteiger charge is 2.28. The minimum absolute atomic E-state index is 0.0718. The third-order valence-corrected chi connectivity index (χ3v) is 9.32. The number of carbonyl (C=O) groups excluding carboxylic acids is 2. The molecule has 1 unspecified atom stereocenters. The van der Waals surface area contributed by atoms with Crippen molar-refractivity contribution in [1.29, 1.82) is 0 Å². The number of ether oxygens (including phenoxy) is 2. The predicted octanol–water partition coefficient (Wildman–Crippen LogP) is 5.31. The number of rotatable bonds is 12. The van der Waals surface area contributed by atoms with E-state index in [1.807, 2.05) is 50.2 Å². The number of aromatic nitrogens is 4. The summed E-state index contributed by atoms with van der Waals surface area (Å²) in [7, 11) is 3.11. The van der Waals surface area contributed by atoms with Gasteiger partial charge in [0.1, 0.15) is 11.4 Å². The Labute approximate surface area is 302 Å². The minimum atomic E-state index is 0.0718. The summed E-state index contributed by atoms with van der Waals surface area (Å²) < 4.78 is 11.2.